The summed E-state index contributed by atoms with van der Waals surface area (Å²) in [4.78, 5) is 27.7. The number of sulfonamides is 1. The Balaban J connectivity index is 2.18. The van der Waals surface area contributed by atoms with Crippen molar-refractivity contribution in [3.63, 3.8) is 0 Å². The first-order valence-corrected chi connectivity index (χ1v) is 13.9. The minimum Gasteiger partial charge on any atom is -0.495 e. The molecule has 8 nitrogen and oxygen atoms in total. The van der Waals surface area contributed by atoms with Crippen LogP contribution in [0.3, 0.4) is 0 Å². The molecule has 198 valence electrons. The third-order valence-corrected chi connectivity index (χ3v) is 6.93. The predicted octanol–water partition coefficient (Wildman–Crippen LogP) is 4.23. The topological polar surface area (TPSA) is 96.0 Å². The van der Waals surface area contributed by atoms with Crippen LogP contribution in [0.5, 0.6) is 5.75 Å². The first-order valence-electron chi connectivity index (χ1n) is 11.7. The van der Waals surface area contributed by atoms with E-state index in [0.29, 0.717) is 11.4 Å². The second-order valence-electron chi connectivity index (χ2n) is 9.68. The lowest BCUT2D eigenvalue weighted by Crippen LogP contribution is -2.52. The molecule has 1 N–H and O–H groups in total. The fourth-order valence-electron chi connectivity index (χ4n) is 3.65. The van der Waals surface area contributed by atoms with E-state index in [1.165, 1.54) is 22.4 Å². The number of nitrogens with zero attached hydrogens (tertiary/aromatic N) is 2. The second kappa shape index (κ2) is 12.5. The fraction of sp³-hybridized carbons (Fsp3) is 0.462. The summed E-state index contributed by atoms with van der Waals surface area (Å²) < 4.78 is 31.3. The molecule has 0 radical (unpaired) electrons. The number of carbonyl (C=O) groups is 2. The van der Waals surface area contributed by atoms with E-state index >= 15 is 0 Å². The largest absolute Gasteiger partial charge is 0.495 e. The first-order chi connectivity index (χ1) is 16.7. The van der Waals surface area contributed by atoms with Crippen LogP contribution in [0.25, 0.3) is 0 Å². The van der Waals surface area contributed by atoms with Crippen LogP contribution in [0.4, 0.5) is 5.69 Å². The van der Waals surface area contributed by atoms with E-state index in [1.54, 1.807) is 19.1 Å². The first kappa shape index (κ1) is 29.5. The highest BCUT2D eigenvalue weighted by atomic mass is 35.5. The molecule has 2 amide bonds. The zero-order valence-electron chi connectivity index (χ0n) is 21.7. The van der Waals surface area contributed by atoms with Crippen molar-refractivity contribution in [3.8, 4) is 5.75 Å². The smallest absolute Gasteiger partial charge is 0.242 e. The Morgan fingerprint density at radius 1 is 1.11 bits per heavy atom. The van der Waals surface area contributed by atoms with Crippen molar-refractivity contribution < 1.29 is 22.7 Å². The number of anilines is 1. The van der Waals surface area contributed by atoms with Crippen LogP contribution in [0.2, 0.25) is 5.02 Å². The van der Waals surface area contributed by atoms with Crippen molar-refractivity contribution in [2.24, 2.45) is 0 Å². The van der Waals surface area contributed by atoms with Gasteiger partial charge >= 0.3 is 0 Å². The summed E-state index contributed by atoms with van der Waals surface area (Å²) in [5, 5.41) is 3.21. The molecule has 0 aliphatic rings. The fourth-order valence-corrected chi connectivity index (χ4v) is 4.86. The van der Waals surface area contributed by atoms with E-state index < -0.39 is 21.6 Å². The van der Waals surface area contributed by atoms with E-state index in [4.69, 9.17) is 16.3 Å². The number of halogens is 1. The summed E-state index contributed by atoms with van der Waals surface area (Å²) in [6.45, 7) is 7.69. The van der Waals surface area contributed by atoms with Gasteiger partial charge in [-0.1, -0.05) is 41.9 Å². The van der Waals surface area contributed by atoms with Crippen molar-refractivity contribution in [1.82, 2.24) is 10.2 Å². The highest BCUT2D eigenvalue weighted by molar-refractivity contribution is 7.92. The zero-order valence-corrected chi connectivity index (χ0v) is 23.3. The van der Waals surface area contributed by atoms with Gasteiger partial charge in [-0.25, -0.2) is 8.42 Å². The van der Waals surface area contributed by atoms with E-state index in [2.05, 4.69) is 5.32 Å². The van der Waals surface area contributed by atoms with Crippen LogP contribution >= 0.6 is 11.6 Å². The molecule has 0 saturated heterocycles. The molecular formula is C26H36ClN3O5S. The van der Waals surface area contributed by atoms with Gasteiger partial charge in [-0.05, 0) is 57.9 Å². The lowest BCUT2D eigenvalue weighted by Gasteiger charge is -2.32. The number of nitrogens with one attached hydrogen (secondary N) is 1. The Hall–Kier alpha value is -2.78. The van der Waals surface area contributed by atoms with Gasteiger partial charge < -0.3 is 15.0 Å². The van der Waals surface area contributed by atoms with Crippen molar-refractivity contribution in [2.45, 2.75) is 58.7 Å². The molecule has 0 aromatic heterocycles. The van der Waals surface area contributed by atoms with E-state index in [-0.39, 0.29) is 42.8 Å². The monoisotopic (exact) mass is 537 g/mol. The Kier molecular flexibility index (Phi) is 10.2. The van der Waals surface area contributed by atoms with Crippen molar-refractivity contribution in [3.05, 3.63) is 59.1 Å². The van der Waals surface area contributed by atoms with Crippen molar-refractivity contribution in [1.29, 1.82) is 0 Å². The van der Waals surface area contributed by atoms with Gasteiger partial charge in [0.1, 0.15) is 11.8 Å². The third-order valence-electron chi connectivity index (χ3n) is 5.44. The molecule has 10 heteroatoms. The molecule has 0 saturated carbocycles. The molecule has 0 fully saturated rings. The van der Waals surface area contributed by atoms with Gasteiger partial charge in [0.25, 0.3) is 0 Å². The summed E-state index contributed by atoms with van der Waals surface area (Å²) >= 11 is 6.19. The quantitative estimate of drug-likeness (QED) is 0.463. The molecule has 0 bridgehead atoms. The Morgan fingerprint density at radius 2 is 1.75 bits per heavy atom. The van der Waals surface area contributed by atoms with E-state index in [0.717, 1.165) is 11.8 Å². The molecule has 0 unspecified atom stereocenters. The number of ether oxygens (including phenoxy) is 1. The maximum atomic E-state index is 13.3. The average Bonchev–Trinajstić information content (AvgIpc) is 2.78. The number of hydrogen-bond donors (Lipinski definition) is 1. The van der Waals surface area contributed by atoms with E-state index in [9.17, 15) is 18.0 Å². The molecule has 0 aliphatic heterocycles. The van der Waals surface area contributed by atoms with Gasteiger partial charge in [0.2, 0.25) is 21.8 Å². The van der Waals surface area contributed by atoms with Crippen molar-refractivity contribution in [2.75, 3.05) is 24.2 Å². The molecule has 2 rings (SSSR count). The second-order valence-corrected chi connectivity index (χ2v) is 12.0. The summed E-state index contributed by atoms with van der Waals surface area (Å²) in [6, 6.07) is 13.4. The van der Waals surface area contributed by atoms with Crippen LogP contribution < -0.4 is 14.4 Å². The highest BCUT2D eigenvalue weighted by Crippen LogP contribution is 2.30. The predicted molar refractivity (Wildman–Crippen MR) is 144 cm³/mol. The Labute approximate surface area is 219 Å². The van der Waals surface area contributed by atoms with Gasteiger partial charge in [-0.2, -0.15) is 0 Å². The standard InChI is InChI=1S/C26H36ClN3O5S/c1-19(25(32)28-26(2,3)4)29(18-20-11-8-7-9-12-20)24(31)13-10-16-30(36(6,33)34)21-14-15-23(35-5)22(27)17-21/h7-9,11-12,14-15,17,19H,10,13,16,18H2,1-6H3,(H,28,32)/t19-/m1/s1. The van der Waals surface area contributed by atoms with Crippen LogP contribution in [0, 0.1) is 0 Å². The van der Waals surface area contributed by atoms with Gasteiger partial charge in [0, 0.05) is 25.0 Å². The summed E-state index contributed by atoms with van der Waals surface area (Å²) in [6.07, 6.45) is 1.43. The minimum atomic E-state index is -3.63. The molecule has 1 atom stereocenters. The lowest BCUT2D eigenvalue weighted by molar-refractivity contribution is -0.141. The van der Waals surface area contributed by atoms with Gasteiger partial charge in [0.15, 0.2) is 0 Å². The maximum Gasteiger partial charge on any atom is 0.242 e. The number of benzene rings is 2. The SMILES string of the molecule is COc1ccc(N(CCCC(=O)N(Cc2ccccc2)[C@H](C)C(=O)NC(C)(C)C)S(C)(=O)=O)cc1Cl. The third kappa shape index (κ3) is 8.71. The lowest BCUT2D eigenvalue weighted by atomic mass is 10.1. The number of amides is 2. The van der Waals surface area contributed by atoms with Crippen molar-refractivity contribution >= 4 is 39.1 Å². The molecule has 0 heterocycles. The van der Waals surface area contributed by atoms with Crippen LogP contribution in [-0.2, 0) is 26.2 Å². The van der Waals surface area contributed by atoms with E-state index in [1.807, 2.05) is 51.1 Å². The summed E-state index contributed by atoms with van der Waals surface area (Å²) in [5.74, 6) is -0.0582. The molecule has 36 heavy (non-hydrogen) atoms. The van der Waals surface area contributed by atoms with Gasteiger partial charge in [-0.3, -0.25) is 13.9 Å². The van der Waals surface area contributed by atoms with Gasteiger partial charge in [-0.15, -0.1) is 0 Å². The Bertz CT molecular complexity index is 1150. The number of rotatable bonds is 11. The molecule has 0 aliphatic carbocycles. The number of carbonyl (C=O) groups excluding carboxylic acids is 2. The van der Waals surface area contributed by atoms with Crippen LogP contribution in [0.1, 0.15) is 46.1 Å². The maximum absolute atomic E-state index is 13.3. The minimum absolute atomic E-state index is 0.0654. The van der Waals surface area contributed by atoms with Gasteiger partial charge in [0.05, 0.1) is 24.1 Å². The number of methoxy groups -OCH3 is 1. The number of hydrogen-bond acceptors (Lipinski definition) is 5. The van der Waals surface area contributed by atoms with Crippen LogP contribution in [0.15, 0.2) is 48.5 Å². The normalized spacial score (nSPS) is 12.5. The molecule has 0 spiro atoms. The average molecular weight is 538 g/mol. The summed E-state index contributed by atoms with van der Waals surface area (Å²) in [7, 11) is -2.15. The molecular weight excluding hydrogens is 502 g/mol. The molecule has 2 aromatic carbocycles. The molecule has 2 aromatic rings. The summed E-state index contributed by atoms with van der Waals surface area (Å²) in [5.41, 5.74) is 0.837. The van der Waals surface area contributed by atoms with Crippen LogP contribution in [-0.4, -0.2) is 56.6 Å². The Morgan fingerprint density at radius 3 is 2.28 bits per heavy atom. The zero-order chi connectivity index (χ0) is 27.1. The highest BCUT2D eigenvalue weighted by Gasteiger charge is 2.28.